The third kappa shape index (κ3) is 2.34. The van der Waals surface area contributed by atoms with Crippen LogP contribution in [0.3, 0.4) is 0 Å². The fraction of sp³-hybridized carbons (Fsp3) is 0.231. The van der Waals surface area contributed by atoms with Gasteiger partial charge in [-0.05, 0) is 24.3 Å². The third-order valence-electron chi connectivity index (χ3n) is 2.46. The van der Waals surface area contributed by atoms with Crippen molar-refractivity contribution in [2.45, 2.75) is 6.92 Å². The maximum absolute atomic E-state index is 11.5. The standard InChI is InChI=1S/C13H13NO4/c1-8-14-11(13(15)18-8)7-9-6-10(16-2)4-5-12(9)17-3/h4-7H,1-3H3. The second kappa shape index (κ2) is 4.91. The molecule has 1 aliphatic rings. The molecule has 0 amide bonds. The first-order valence-electron chi connectivity index (χ1n) is 5.35. The second-order valence-electron chi connectivity index (χ2n) is 3.66. The second-order valence-corrected chi connectivity index (χ2v) is 3.66. The molecule has 0 unspecified atom stereocenters. The van der Waals surface area contributed by atoms with Crippen molar-refractivity contribution in [3.63, 3.8) is 0 Å². The smallest absolute Gasteiger partial charge is 0.363 e. The van der Waals surface area contributed by atoms with Gasteiger partial charge in [-0.1, -0.05) is 0 Å². The average molecular weight is 247 g/mol. The fourth-order valence-electron chi connectivity index (χ4n) is 1.62. The van der Waals surface area contributed by atoms with Gasteiger partial charge in [-0.25, -0.2) is 9.79 Å². The Morgan fingerprint density at radius 3 is 2.61 bits per heavy atom. The zero-order chi connectivity index (χ0) is 13.1. The lowest BCUT2D eigenvalue weighted by Gasteiger charge is -2.07. The van der Waals surface area contributed by atoms with E-state index in [4.69, 9.17) is 14.2 Å². The van der Waals surface area contributed by atoms with E-state index in [9.17, 15) is 4.79 Å². The fourth-order valence-corrected chi connectivity index (χ4v) is 1.62. The Balaban J connectivity index is 2.44. The molecule has 1 aliphatic heterocycles. The first kappa shape index (κ1) is 12.2. The Kier molecular flexibility index (Phi) is 3.32. The van der Waals surface area contributed by atoms with Crippen LogP contribution < -0.4 is 9.47 Å². The molecule has 1 aromatic carbocycles. The number of ether oxygens (including phenoxy) is 3. The van der Waals surface area contributed by atoms with Crippen molar-refractivity contribution in [3.05, 3.63) is 29.5 Å². The van der Waals surface area contributed by atoms with E-state index in [1.54, 1.807) is 45.4 Å². The van der Waals surface area contributed by atoms with E-state index in [1.807, 2.05) is 0 Å². The molecular formula is C13H13NO4. The minimum absolute atomic E-state index is 0.249. The first-order chi connectivity index (χ1) is 8.63. The highest BCUT2D eigenvalue weighted by molar-refractivity contribution is 6.06. The van der Waals surface area contributed by atoms with E-state index in [1.165, 1.54) is 0 Å². The molecule has 0 spiro atoms. The minimum Gasteiger partial charge on any atom is -0.497 e. The van der Waals surface area contributed by atoms with Crippen LogP contribution in [0.25, 0.3) is 6.08 Å². The van der Waals surface area contributed by atoms with E-state index in [0.717, 1.165) is 0 Å². The highest BCUT2D eigenvalue weighted by atomic mass is 16.6. The van der Waals surface area contributed by atoms with Gasteiger partial charge in [0.15, 0.2) is 11.6 Å². The van der Waals surface area contributed by atoms with Crippen molar-refractivity contribution in [3.8, 4) is 11.5 Å². The summed E-state index contributed by atoms with van der Waals surface area (Å²) in [7, 11) is 3.14. The molecule has 0 atom stereocenters. The largest absolute Gasteiger partial charge is 0.497 e. The Morgan fingerprint density at radius 1 is 1.28 bits per heavy atom. The Morgan fingerprint density at radius 2 is 2.06 bits per heavy atom. The highest BCUT2D eigenvalue weighted by Crippen LogP contribution is 2.27. The van der Waals surface area contributed by atoms with Gasteiger partial charge in [0.05, 0.1) is 14.2 Å². The van der Waals surface area contributed by atoms with Crippen LogP contribution in [0.4, 0.5) is 0 Å². The highest BCUT2D eigenvalue weighted by Gasteiger charge is 2.20. The van der Waals surface area contributed by atoms with Gasteiger partial charge in [0.25, 0.3) is 0 Å². The topological polar surface area (TPSA) is 57.1 Å². The normalized spacial score (nSPS) is 16.5. The van der Waals surface area contributed by atoms with Crippen molar-refractivity contribution in [1.82, 2.24) is 0 Å². The summed E-state index contributed by atoms with van der Waals surface area (Å²) in [5.74, 6) is 1.19. The zero-order valence-corrected chi connectivity index (χ0v) is 10.4. The number of hydrogen-bond donors (Lipinski definition) is 0. The van der Waals surface area contributed by atoms with Gasteiger partial charge in [-0.2, -0.15) is 0 Å². The summed E-state index contributed by atoms with van der Waals surface area (Å²) < 4.78 is 15.2. The van der Waals surface area contributed by atoms with Gasteiger partial charge < -0.3 is 14.2 Å². The summed E-state index contributed by atoms with van der Waals surface area (Å²) in [5.41, 5.74) is 0.960. The van der Waals surface area contributed by atoms with Crippen LogP contribution in [-0.4, -0.2) is 26.1 Å². The molecule has 0 aliphatic carbocycles. The van der Waals surface area contributed by atoms with Crippen LogP contribution in [0.1, 0.15) is 12.5 Å². The summed E-state index contributed by atoms with van der Waals surface area (Å²) >= 11 is 0. The molecular weight excluding hydrogens is 234 g/mol. The van der Waals surface area contributed by atoms with E-state index >= 15 is 0 Å². The maximum Gasteiger partial charge on any atom is 0.363 e. The summed E-state index contributed by atoms with van der Waals surface area (Å²) in [6.07, 6.45) is 1.61. The molecule has 0 bridgehead atoms. The van der Waals surface area contributed by atoms with Gasteiger partial charge in [0.1, 0.15) is 11.5 Å². The van der Waals surface area contributed by atoms with Gasteiger partial charge in [0.2, 0.25) is 0 Å². The number of benzene rings is 1. The number of aliphatic imine (C=N–C) groups is 1. The molecule has 1 aromatic rings. The molecule has 0 N–H and O–H groups in total. The van der Waals surface area contributed by atoms with Crippen LogP contribution in [-0.2, 0) is 9.53 Å². The number of rotatable bonds is 3. The molecule has 94 valence electrons. The number of carbonyl (C=O) groups is 1. The van der Waals surface area contributed by atoms with Crippen molar-refractivity contribution >= 4 is 17.9 Å². The van der Waals surface area contributed by atoms with Crippen molar-refractivity contribution < 1.29 is 19.0 Å². The Labute approximate surface area is 105 Å². The van der Waals surface area contributed by atoms with E-state index in [0.29, 0.717) is 23.0 Å². The summed E-state index contributed by atoms with van der Waals surface area (Å²) in [5, 5.41) is 0. The lowest BCUT2D eigenvalue weighted by atomic mass is 10.1. The molecule has 2 rings (SSSR count). The number of esters is 1. The monoisotopic (exact) mass is 247 g/mol. The van der Waals surface area contributed by atoms with Crippen molar-refractivity contribution in [1.29, 1.82) is 0 Å². The zero-order valence-electron chi connectivity index (χ0n) is 10.4. The predicted octanol–water partition coefficient (Wildman–Crippen LogP) is 2.02. The van der Waals surface area contributed by atoms with Crippen LogP contribution in [0.5, 0.6) is 11.5 Å². The molecule has 5 heteroatoms. The third-order valence-corrected chi connectivity index (χ3v) is 2.46. The lowest BCUT2D eigenvalue weighted by Crippen LogP contribution is -2.00. The summed E-state index contributed by atoms with van der Waals surface area (Å²) in [6.45, 7) is 1.63. The predicted molar refractivity (Wildman–Crippen MR) is 66.7 cm³/mol. The number of methoxy groups -OCH3 is 2. The Bertz CT molecular complexity index is 546. The van der Waals surface area contributed by atoms with E-state index in [2.05, 4.69) is 4.99 Å². The molecule has 18 heavy (non-hydrogen) atoms. The molecule has 0 aromatic heterocycles. The summed E-state index contributed by atoms with van der Waals surface area (Å²) in [4.78, 5) is 15.5. The molecule has 1 heterocycles. The number of cyclic esters (lactones) is 1. The molecule has 0 saturated carbocycles. The number of carbonyl (C=O) groups excluding carboxylic acids is 1. The molecule has 5 nitrogen and oxygen atoms in total. The lowest BCUT2D eigenvalue weighted by molar-refractivity contribution is -0.130. The molecule has 0 saturated heterocycles. The van der Waals surface area contributed by atoms with Gasteiger partial charge in [-0.15, -0.1) is 0 Å². The first-order valence-corrected chi connectivity index (χ1v) is 5.35. The average Bonchev–Trinajstić information content (AvgIpc) is 2.67. The van der Waals surface area contributed by atoms with E-state index < -0.39 is 5.97 Å². The van der Waals surface area contributed by atoms with E-state index in [-0.39, 0.29) is 5.70 Å². The number of nitrogens with zero attached hydrogens (tertiary/aromatic N) is 1. The van der Waals surface area contributed by atoms with Gasteiger partial charge in [0, 0.05) is 12.5 Å². The maximum atomic E-state index is 11.5. The summed E-state index contributed by atoms with van der Waals surface area (Å²) in [6, 6.07) is 5.31. The minimum atomic E-state index is -0.461. The van der Waals surface area contributed by atoms with Gasteiger partial charge >= 0.3 is 5.97 Å². The quantitative estimate of drug-likeness (QED) is 0.605. The Hall–Kier alpha value is -2.30. The van der Waals surface area contributed by atoms with Gasteiger partial charge in [-0.3, -0.25) is 0 Å². The molecule has 0 fully saturated rings. The van der Waals surface area contributed by atoms with Crippen LogP contribution in [0, 0.1) is 0 Å². The number of hydrogen-bond acceptors (Lipinski definition) is 5. The van der Waals surface area contributed by atoms with Crippen molar-refractivity contribution in [2.75, 3.05) is 14.2 Å². The SMILES string of the molecule is COc1ccc(OC)c(C=C2N=C(C)OC2=O)c1. The molecule has 0 radical (unpaired) electrons. The van der Waals surface area contributed by atoms with Crippen LogP contribution in [0.2, 0.25) is 0 Å². The van der Waals surface area contributed by atoms with Crippen molar-refractivity contribution in [2.24, 2.45) is 4.99 Å². The van der Waals surface area contributed by atoms with Crippen LogP contribution in [0.15, 0.2) is 28.9 Å². The van der Waals surface area contributed by atoms with Crippen LogP contribution >= 0.6 is 0 Å².